The van der Waals surface area contributed by atoms with E-state index in [4.69, 9.17) is 4.74 Å². The number of carbonyl (C=O) groups excluding carboxylic acids is 1. The van der Waals surface area contributed by atoms with Gasteiger partial charge in [-0.1, -0.05) is 0 Å². The smallest absolute Gasteiger partial charge is 0.343 e. The summed E-state index contributed by atoms with van der Waals surface area (Å²) in [6.07, 6.45) is 3.44. The minimum atomic E-state index is -0.404. The summed E-state index contributed by atoms with van der Waals surface area (Å²) in [5.74, 6) is -0.157. The number of hydrogen-bond donors (Lipinski definition) is 1. The molecule has 3 heterocycles. The predicted molar refractivity (Wildman–Crippen MR) is 73.6 cm³/mol. The summed E-state index contributed by atoms with van der Waals surface area (Å²) >= 11 is 0. The lowest BCUT2D eigenvalue weighted by Crippen LogP contribution is -2.26. The summed E-state index contributed by atoms with van der Waals surface area (Å²) in [7, 11) is 0. The van der Waals surface area contributed by atoms with Gasteiger partial charge in [0, 0.05) is 6.54 Å². The molecule has 1 aliphatic rings. The molecule has 2 aromatic rings. The molecular weight excluding hydrogens is 275 g/mol. The first-order chi connectivity index (χ1) is 10.2. The molecule has 1 atom stereocenters. The number of rotatable bonds is 3. The normalized spacial score (nSPS) is 17.0. The molecule has 0 aromatic carbocycles. The van der Waals surface area contributed by atoms with Gasteiger partial charge in [0.1, 0.15) is 17.2 Å². The zero-order chi connectivity index (χ0) is 14.8. The third-order valence-corrected chi connectivity index (χ3v) is 3.39. The number of fused-ring (bicyclic) bond motifs is 1. The molecule has 0 amide bonds. The third-order valence-electron chi connectivity index (χ3n) is 3.39. The molecule has 0 aliphatic carbocycles. The van der Waals surface area contributed by atoms with Crippen LogP contribution in [-0.4, -0.2) is 33.9 Å². The van der Waals surface area contributed by atoms with Crippen LogP contribution < -0.4 is 5.32 Å². The number of hydrogen-bond acceptors (Lipinski definition) is 5. The number of pyridine rings is 1. The van der Waals surface area contributed by atoms with Crippen LogP contribution in [0.25, 0.3) is 0 Å². The number of esters is 1. The standard InChI is InChI=1S/C14H15FN4O2/c1-2-21-14(20)10-8-18-19-12(5-6-16-13(10)19)11-4-3-9(15)7-17-11/h3-4,7-8,12,16H,2,5-6H2,1H3. The van der Waals surface area contributed by atoms with Crippen LogP contribution in [0.15, 0.2) is 24.5 Å². The molecule has 1 N–H and O–H groups in total. The number of nitrogens with zero attached hydrogens (tertiary/aromatic N) is 3. The van der Waals surface area contributed by atoms with Gasteiger partial charge in [0.05, 0.1) is 30.7 Å². The number of halogens is 1. The molecule has 6 nitrogen and oxygen atoms in total. The SMILES string of the molecule is CCOC(=O)c1cnn2c1NCCC2c1ccc(F)cn1. The van der Waals surface area contributed by atoms with E-state index in [9.17, 15) is 9.18 Å². The van der Waals surface area contributed by atoms with Gasteiger partial charge in [-0.15, -0.1) is 0 Å². The first-order valence-corrected chi connectivity index (χ1v) is 6.80. The average Bonchev–Trinajstić information content (AvgIpc) is 2.92. The summed E-state index contributed by atoms with van der Waals surface area (Å²) in [6.45, 7) is 2.75. The van der Waals surface area contributed by atoms with E-state index in [0.29, 0.717) is 24.5 Å². The number of carbonyl (C=O) groups is 1. The van der Waals surface area contributed by atoms with Gasteiger partial charge >= 0.3 is 5.97 Å². The van der Waals surface area contributed by atoms with E-state index in [0.717, 1.165) is 12.1 Å². The van der Waals surface area contributed by atoms with Crippen LogP contribution in [0.2, 0.25) is 0 Å². The van der Waals surface area contributed by atoms with Gasteiger partial charge in [-0.3, -0.25) is 4.98 Å². The van der Waals surface area contributed by atoms with E-state index in [1.807, 2.05) is 0 Å². The zero-order valence-corrected chi connectivity index (χ0v) is 11.5. The van der Waals surface area contributed by atoms with Crippen LogP contribution in [0.1, 0.15) is 35.4 Å². The Bertz CT molecular complexity index is 653. The second kappa shape index (κ2) is 5.51. The summed E-state index contributed by atoms with van der Waals surface area (Å²) in [6, 6.07) is 2.89. The molecular formula is C14H15FN4O2. The molecule has 3 rings (SSSR count). The number of ether oxygens (including phenoxy) is 1. The Morgan fingerprint density at radius 2 is 2.38 bits per heavy atom. The highest BCUT2D eigenvalue weighted by Crippen LogP contribution is 2.30. The third kappa shape index (κ3) is 2.46. The molecule has 0 spiro atoms. The Morgan fingerprint density at radius 1 is 1.52 bits per heavy atom. The predicted octanol–water partition coefficient (Wildman–Crippen LogP) is 2.00. The van der Waals surface area contributed by atoms with Gasteiger partial charge in [0.25, 0.3) is 0 Å². The van der Waals surface area contributed by atoms with Gasteiger partial charge in [-0.05, 0) is 25.5 Å². The van der Waals surface area contributed by atoms with Crippen LogP contribution in [0.3, 0.4) is 0 Å². The molecule has 0 radical (unpaired) electrons. The van der Waals surface area contributed by atoms with Crippen molar-refractivity contribution in [2.24, 2.45) is 0 Å². The van der Waals surface area contributed by atoms with Crippen LogP contribution in [0.4, 0.5) is 10.2 Å². The molecule has 0 bridgehead atoms. The van der Waals surface area contributed by atoms with E-state index in [2.05, 4.69) is 15.4 Å². The largest absolute Gasteiger partial charge is 0.462 e. The van der Waals surface area contributed by atoms with Crippen LogP contribution in [-0.2, 0) is 4.74 Å². The van der Waals surface area contributed by atoms with Crippen molar-refractivity contribution < 1.29 is 13.9 Å². The first-order valence-electron chi connectivity index (χ1n) is 6.80. The monoisotopic (exact) mass is 290 g/mol. The van der Waals surface area contributed by atoms with Crippen molar-refractivity contribution >= 4 is 11.8 Å². The highest BCUT2D eigenvalue weighted by molar-refractivity contribution is 5.94. The zero-order valence-electron chi connectivity index (χ0n) is 11.5. The van der Waals surface area contributed by atoms with Crippen LogP contribution in [0, 0.1) is 5.82 Å². The summed E-state index contributed by atoms with van der Waals surface area (Å²) in [5, 5.41) is 7.42. The Kier molecular flexibility index (Phi) is 3.55. The molecule has 7 heteroatoms. The van der Waals surface area contributed by atoms with Gasteiger partial charge < -0.3 is 10.1 Å². The molecule has 0 saturated carbocycles. The Hall–Kier alpha value is -2.44. The summed E-state index contributed by atoms with van der Waals surface area (Å²) < 4.78 is 19.7. The van der Waals surface area contributed by atoms with E-state index >= 15 is 0 Å². The lowest BCUT2D eigenvalue weighted by Gasteiger charge is -2.25. The molecule has 110 valence electrons. The van der Waals surface area contributed by atoms with Crippen molar-refractivity contribution in [3.8, 4) is 0 Å². The van der Waals surface area contributed by atoms with E-state index in [1.54, 1.807) is 17.7 Å². The van der Waals surface area contributed by atoms with Crippen molar-refractivity contribution in [3.05, 3.63) is 41.6 Å². The van der Waals surface area contributed by atoms with Crippen molar-refractivity contribution in [2.75, 3.05) is 18.5 Å². The van der Waals surface area contributed by atoms with Gasteiger partial charge in [-0.2, -0.15) is 5.10 Å². The highest BCUT2D eigenvalue weighted by atomic mass is 19.1. The van der Waals surface area contributed by atoms with E-state index in [-0.39, 0.29) is 11.9 Å². The molecule has 1 aliphatic heterocycles. The fraction of sp³-hybridized carbons (Fsp3) is 0.357. The fourth-order valence-corrected chi connectivity index (χ4v) is 2.44. The Balaban J connectivity index is 1.96. The van der Waals surface area contributed by atoms with E-state index < -0.39 is 5.97 Å². The topological polar surface area (TPSA) is 69.0 Å². The van der Waals surface area contributed by atoms with Gasteiger partial charge in [-0.25, -0.2) is 13.9 Å². The maximum Gasteiger partial charge on any atom is 0.343 e. The second-order valence-electron chi connectivity index (χ2n) is 4.70. The number of nitrogens with one attached hydrogen (secondary N) is 1. The summed E-state index contributed by atoms with van der Waals surface area (Å²) in [5.41, 5.74) is 1.13. The molecule has 1 unspecified atom stereocenters. The molecule has 2 aromatic heterocycles. The quantitative estimate of drug-likeness (QED) is 0.876. The minimum Gasteiger partial charge on any atom is -0.462 e. The minimum absolute atomic E-state index is 0.120. The maximum absolute atomic E-state index is 13.0. The van der Waals surface area contributed by atoms with Crippen molar-refractivity contribution in [1.29, 1.82) is 0 Å². The van der Waals surface area contributed by atoms with Crippen molar-refractivity contribution in [2.45, 2.75) is 19.4 Å². The van der Waals surface area contributed by atoms with Crippen LogP contribution >= 0.6 is 0 Å². The molecule has 21 heavy (non-hydrogen) atoms. The lowest BCUT2D eigenvalue weighted by atomic mass is 10.1. The molecule has 0 fully saturated rings. The second-order valence-corrected chi connectivity index (χ2v) is 4.70. The van der Waals surface area contributed by atoms with Gasteiger partial charge in [0.15, 0.2) is 0 Å². The average molecular weight is 290 g/mol. The van der Waals surface area contributed by atoms with Crippen LogP contribution in [0.5, 0.6) is 0 Å². The molecule has 0 saturated heterocycles. The lowest BCUT2D eigenvalue weighted by molar-refractivity contribution is 0.0527. The number of anilines is 1. The Morgan fingerprint density at radius 3 is 3.10 bits per heavy atom. The first kappa shape index (κ1) is 13.5. The maximum atomic E-state index is 13.0. The number of aromatic nitrogens is 3. The highest BCUT2D eigenvalue weighted by Gasteiger charge is 2.28. The fourth-order valence-electron chi connectivity index (χ4n) is 2.44. The van der Waals surface area contributed by atoms with E-state index in [1.165, 1.54) is 18.5 Å². The summed E-state index contributed by atoms with van der Waals surface area (Å²) in [4.78, 5) is 16.0. The Labute approximate surface area is 120 Å². The van der Waals surface area contributed by atoms with Gasteiger partial charge in [0.2, 0.25) is 0 Å². The van der Waals surface area contributed by atoms with Crippen molar-refractivity contribution in [1.82, 2.24) is 14.8 Å². The van der Waals surface area contributed by atoms with Crippen molar-refractivity contribution in [3.63, 3.8) is 0 Å².